The van der Waals surface area contributed by atoms with Gasteiger partial charge in [-0.1, -0.05) is 48.0 Å². The van der Waals surface area contributed by atoms with Crippen LogP contribution >= 0.6 is 11.6 Å². The molecule has 0 bridgehead atoms. The Hall–Kier alpha value is -2.32. The lowest BCUT2D eigenvalue weighted by molar-refractivity contribution is 0.104. The molecule has 0 N–H and O–H groups in total. The smallest absolute Gasteiger partial charge is 0.195 e. The highest BCUT2D eigenvalue weighted by molar-refractivity contribution is 6.35. The predicted octanol–water partition coefficient (Wildman–Crippen LogP) is 4.73. The molecule has 21 heavy (non-hydrogen) atoms. The van der Waals surface area contributed by atoms with E-state index in [0.717, 1.165) is 16.5 Å². The Balaban J connectivity index is 2.22. The molecular weight excluding hydrogens is 284 g/mol. The van der Waals surface area contributed by atoms with Gasteiger partial charge in [-0.05, 0) is 29.7 Å². The van der Waals surface area contributed by atoms with Crippen LogP contribution in [0.4, 0.5) is 0 Å². The highest BCUT2D eigenvalue weighted by Gasteiger charge is 2.16. The van der Waals surface area contributed by atoms with Crippen LogP contribution in [0, 0.1) is 0 Å². The Morgan fingerprint density at radius 2 is 1.52 bits per heavy atom. The topological polar surface area (TPSA) is 26.3 Å². The Bertz CT molecular complexity index is 824. The lowest BCUT2D eigenvalue weighted by atomic mass is 9.96. The number of hydrogen-bond donors (Lipinski definition) is 0. The summed E-state index contributed by atoms with van der Waals surface area (Å²) in [5, 5.41) is 2.24. The molecule has 3 heteroatoms. The van der Waals surface area contributed by atoms with Crippen LogP contribution < -0.4 is 4.74 Å². The molecule has 0 aliphatic carbocycles. The zero-order chi connectivity index (χ0) is 14.8. The molecule has 0 aliphatic heterocycles. The van der Waals surface area contributed by atoms with Crippen molar-refractivity contribution in [3.05, 3.63) is 76.8 Å². The third-order valence-corrected chi connectivity index (χ3v) is 3.80. The van der Waals surface area contributed by atoms with E-state index >= 15 is 0 Å². The summed E-state index contributed by atoms with van der Waals surface area (Å²) in [7, 11) is 1.62. The Morgan fingerprint density at radius 1 is 0.857 bits per heavy atom. The largest absolute Gasteiger partial charge is 0.496 e. The fourth-order valence-corrected chi connectivity index (χ4v) is 2.66. The fourth-order valence-electron chi connectivity index (χ4n) is 2.44. The van der Waals surface area contributed by atoms with Crippen LogP contribution in [0.1, 0.15) is 15.9 Å². The van der Waals surface area contributed by atoms with E-state index in [4.69, 9.17) is 16.3 Å². The first-order valence-corrected chi connectivity index (χ1v) is 6.95. The van der Waals surface area contributed by atoms with Gasteiger partial charge in [0.15, 0.2) is 5.78 Å². The molecule has 0 heterocycles. The van der Waals surface area contributed by atoms with Gasteiger partial charge in [0.25, 0.3) is 0 Å². The van der Waals surface area contributed by atoms with E-state index in [2.05, 4.69) is 0 Å². The summed E-state index contributed by atoms with van der Waals surface area (Å²) >= 11 is 6.13. The highest BCUT2D eigenvalue weighted by Crippen LogP contribution is 2.30. The number of ketones is 1. The van der Waals surface area contributed by atoms with E-state index < -0.39 is 0 Å². The number of rotatable bonds is 3. The molecular formula is C18H13ClO2. The van der Waals surface area contributed by atoms with E-state index in [1.165, 1.54) is 0 Å². The van der Waals surface area contributed by atoms with Gasteiger partial charge in [-0.25, -0.2) is 0 Å². The van der Waals surface area contributed by atoms with Gasteiger partial charge in [0.2, 0.25) is 0 Å². The average Bonchev–Trinajstić information content (AvgIpc) is 2.53. The highest BCUT2D eigenvalue weighted by atomic mass is 35.5. The van der Waals surface area contributed by atoms with Crippen LogP contribution in [0.5, 0.6) is 5.75 Å². The summed E-state index contributed by atoms with van der Waals surface area (Å²) in [6.07, 6.45) is 0. The number of carbonyl (C=O) groups is 1. The van der Waals surface area contributed by atoms with Crippen molar-refractivity contribution in [2.45, 2.75) is 0 Å². The van der Waals surface area contributed by atoms with Crippen molar-refractivity contribution < 1.29 is 9.53 Å². The lowest BCUT2D eigenvalue weighted by Crippen LogP contribution is -2.03. The van der Waals surface area contributed by atoms with Crippen molar-refractivity contribution >= 4 is 28.2 Å². The summed E-state index contributed by atoms with van der Waals surface area (Å²) in [4.78, 5) is 12.8. The Labute approximate surface area is 127 Å². The lowest BCUT2D eigenvalue weighted by Gasteiger charge is -2.10. The second kappa shape index (κ2) is 5.58. The molecule has 104 valence electrons. The monoisotopic (exact) mass is 296 g/mol. The van der Waals surface area contributed by atoms with Gasteiger partial charge in [0.05, 0.1) is 12.1 Å². The first-order valence-electron chi connectivity index (χ1n) is 6.57. The predicted molar refractivity (Wildman–Crippen MR) is 85.4 cm³/mol. The molecule has 0 fully saturated rings. The van der Waals surface area contributed by atoms with Crippen LogP contribution in [0.15, 0.2) is 60.7 Å². The van der Waals surface area contributed by atoms with Crippen LogP contribution in [-0.4, -0.2) is 12.9 Å². The van der Waals surface area contributed by atoms with Crippen molar-refractivity contribution in [2.24, 2.45) is 0 Å². The van der Waals surface area contributed by atoms with E-state index in [-0.39, 0.29) is 5.78 Å². The Kier molecular flexibility index (Phi) is 3.63. The maximum absolute atomic E-state index is 12.8. The van der Waals surface area contributed by atoms with Crippen molar-refractivity contribution in [1.29, 1.82) is 0 Å². The van der Waals surface area contributed by atoms with Gasteiger partial charge in [-0.15, -0.1) is 0 Å². The van der Waals surface area contributed by atoms with Crippen LogP contribution in [0.3, 0.4) is 0 Å². The zero-order valence-corrected chi connectivity index (χ0v) is 12.2. The van der Waals surface area contributed by atoms with Gasteiger partial charge in [-0.2, -0.15) is 0 Å². The molecule has 0 aromatic heterocycles. The van der Waals surface area contributed by atoms with Gasteiger partial charge in [0.1, 0.15) is 5.75 Å². The molecule has 3 aromatic rings. The summed E-state index contributed by atoms with van der Waals surface area (Å²) in [5.41, 5.74) is 1.13. The summed E-state index contributed by atoms with van der Waals surface area (Å²) in [5.74, 6) is 0.667. The van der Waals surface area contributed by atoms with E-state index in [1.54, 1.807) is 25.3 Å². The molecule has 3 rings (SSSR count). The standard InChI is InChI=1S/C18H13ClO2/c1-21-17-11-10-14(12-6-2-3-7-13(12)17)18(20)15-8-4-5-9-16(15)19/h2-11H,1H3. The molecule has 0 aliphatic rings. The molecule has 0 radical (unpaired) electrons. The molecule has 2 nitrogen and oxygen atoms in total. The maximum Gasteiger partial charge on any atom is 0.195 e. The molecule has 0 atom stereocenters. The first kappa shape index (κ1) is 13.7. The fraction of sp³-hybridized carbons (Fsp3) is 0.0556. The Morgan fingerprint density at radius 3 is 2.24 bits per heavy atom. The van der Waals surface area contributed by atoms with E-state index in [0.29, 0.717) is 16.1 Å². The number of benzene rings is 3. The van der Waals surface area contributed by atoms with Crippen molar-refractivity contribution in [3.63, 3.8) is 0 Å². The molecule has 0 unspecified atom stereocenters. The van der Waals surface area contributed by atoms with Gasteiger partial charge >= 0.3 is 0 Å². The van der Waals surface area contributed by atoms with E-state index in [9.17, 15) is 4.79 Å². The number of fused-ring (bicyclic) bond motifs is 1. The van der Waals surface area contributed by atoms with Crippen LogP contribution in [0.2, 0.25) is 5.02 Å². The molecule has 0 amide bonds. The van der Waals surface area contributed by atoms with Gasteiger partial charge < -0.3 is 4.74 Å². The SMILES string of the molecule is COc1ccc(C(=O)c2ccccc2Cl)c2ccccc12. The molecule has 0 saturated carbocycles. The molecule has 0 spiro atoms. The van der Waals surface area contributed by atoms with Crippen molar-refractivity contribution in [2.75, 3.05) is 7.11 Å². The minimum Gasteiger partial charge on any atom is -0.496 e. The van der Waals surface area contributed by atoms with Crippen molar-refractivity contribution in [3.8, 4) is 5.75 Å². The normalized spacial score (nSPS) is 10.6. The zero-order valence-electron chi connectivity index (χ0n) is 11.5. The number of hydrogen-bond acceptors (Lipinski definition) is 2. The third-order valence-electron chi connectivity index (χ3n) is 3.47. The number of methoxy groups -OCH3 is 1. The van der Waals surface area contributed by atoms with Gasteiger partial charge in [0, 0.05) is 16.5 Å². The molecule has 3 aromatic carbocycles. The average molecular weight is 297 g/mol. The maximum atomic E-state index is 12.8. The van der Waals surface area contributed by atoms with Gasteiger partial charge in [-0.3, -0.25) is 4.79 Å². The first-order chi connectivity index (χ1) is 10.2. The van der Waals surface area contributed by atoms with Crippen molar-refractivity contribution in [1.82, 2.24) is 0 Å². The summed E-state index contributed by atoms with van der Waals surface area (Å²) in [6, 6.07) is 18.4. The van der Waals surface area contributed by atoms with Crippen LogP contribution in [0.25, 0.3) is 10.8 Å². The minimum absolute atomic E-state index is 0.0838. The number of halogens is 1. The number of ether oxygens (including phenoxy) is 1. The summed E-state index contributed by atoms with van der Waals surface area (Å²) in [6.45, 7) is 0. The third kappa shape index (κ3) is 2.39. The molecule has 0 saturated heterocycles. The summed E-state index contributed by atoms with van der Waals surface area (Å²) < 4.78 is 5.35. The quantitative estimate of drug-likeness (QED) is 0.653. The second-order valence-electron chi connectivity index (χ2n) is 4.67. The van der Waals surface area contributed by atoms with E-state index in [1.807, 2.05) is 42.5 Å². The minimum atomic E-state index is -0.0838. The van der Waals surface area contributed by atoms with Crippen LogP contribution in [-0.2, 0) is 0 Å². The number of carbonyl (C=O) groups excluding carboxylic acids is 1. The second-order valence-corrected chi connectivity index (χ2v) is 5.08.